The van der Waals surface area contributed by atoms with E-state index in [1.807, 2.05) is 18.2 Å². The summed E-state index contributed by atoms with van der Waals surface area (Å²) in [5.41, 5.74) is 1.60. The third-order valence-corrected chi connectivity index (χ3v) is 5.00. The third kappa shape index (κ3) is 4.41. The molecule has 0 amide bonds. The molecule has 0 radical (unpaired) electrons. The van der Waals surface area contributed by atoms with Gasteiger partial charge < -0.3 is 5.32 Å². The molecular formula is C16H15BrClFIN. The van der Waals surface area contributed by atoms with Crippen molar-refractivity contribution in [2.45, 2.75) is 19.4 Å². The first kappa shape index (κ1) is 17.2. The maximum Gasteiger partial charge on any atom is 0.129 e. The van der Waals surface area contributed by atoms with E-state index in [0.717, 1.165) is 22.1 Å². The van der Waals surface area contributed by atoms with Crippen LogP contribution < -0.4 is 5.32 Å². The van der Waals surface area contributed by atoms with Crippen LogP contribution in [0.5, 0.6) is 0 Å². The van der Waals surface area contributed by atoms with E-state index in [-0.39, 0.29) is 11.9 Å². The van der Waals surface area contributed by atoms with Crippen molar-refractivity contribution in [1.29, 1.82) is 0 Å². The maximum absolute atomic E-state index is 14.4. The van der Waals surface area contributed by atoms with Gasteiger partial charge in [0.15, 0.2) is 0 Å². The molecule has 1 unspecified atom stereocenters. The molecule has 0 aliphatic rings. The van der Waals surface area contributed by atoms with Gasteiger partial charge in [0.05, 0.1) is 11.1 Å². The summed E-state index contributed by atoms with van der Waals surface area (Å²) in [4.78, 5) is 0. The van der Waals surface area contributed by atoms with E-state index in [2.05, 4.69) is 56.8 Å². The van der Waals surface area contributed by atoms with Crippen LogP contribution in [0.25, 0.3) is 0 Å². The average Bonchev–Trinajstić information content (AvgIpc) is 2.44. The lowest BCUT2D eigenvalue weighted by atomic mass is 9.98. The molecule has 0 saturated carbocycles. The first-order chi connectivity index (χ1) is 10.0. The monoisotopic (exact) mass is 481 g/mol. The molecule has 0 heterocycles. The Balaban J connectivity index is 2.47. The minimum Gasteiger partial charge on any atom is -0.306 e. The molecule has 1 atom stereocenters. The second-order valence-electron chi connectivity index (χ2n) is 4.73. The minimum absolute atomic E-state index is 0.203. The molecule has 2 aromatic rings. The molecule has 2 aromatic carbocycles. The molecule has 0 aromatic heterocycles. The van der Waals surface area contributed by atoms with Crippen LogP contribution in [0.3, 0.4) is 0 Å². The molecule has 0 spiro atoms. The summed E-state index contributed by atoms with van der Waals surface area (Å²) in [5, 5.41) is 3.91. The molecule has 5 heteroatoms. The zero-order valence-electron chi connectivity index (χ0n) is 11.5. The van der Waals surface area contributed by atoms with Crippen LogP contribution in [-0.4, -0.2) is 6.54 Å². The molecule has 0 bridgehead atoms. The number of hydrogen-bond acceptors (Lipinski definition) is 1. The lowest BCUT2D eigenvalue weighted by Crippen LogP contribution is -2.24. The predicted octanol–water partition coefficient (Wildman–Crippen LogP) is 5.94. The Morgan fingerprint density at radius 1 is 1.33 bits per heavy atom. The van der Waals surface area contributed by atoms with E-state index in [1.165, 1.54) is 6.07 Å². The molecule has 21 heavy (non-hydrogen) atoms. The molecule has 0 saturated heterocycles. The van der Waals surface area contributed by atoms with Crippen LogP contribution in [0.2, 0.25) is 5.02 Å². The van der Waals surface area contributed by atoms with Crippen LogP contribution in [-0.2, 0) is 0 Å². The Kier molecular flexibility index (Phi) is 6.47. The summed E-state index contributed by atoms with van der Waals surface area (Å²) < 4.78 is 16.1. The smallest absolute Gasteiger partial charge is 0.129 e. The highest BCUT2D eigenvalue weighted by Gasteiger charge is 2.19. The number of rotatable bonds is 5. The lowest BCUT2D eigenvalue weighted by molar-refractivity contribution is 0.546. The minimum atomic E-state index is -0.265. The number of halogens is 4. The van der Waals surface area contributed by atoms with Gasteiger partial charge >= 0.3 is 0 Å². The lowest BCUT2D eigenvalue weighted by Gasteiger charge is -2.21. The highest BCUT2D eigenvalue weighted by Crippen LogP contribution is 2.32. The van der Waals surface area contributed by atoms with E-state index in [0.29, 0.717) is 15.1 Å². The van der Waals surface area contributed by atoms with Crippen molar-refractivity contribution in [1.82, 2.24) is 5.32 Å². The van der Waals surface area contributed by atoms with Crippen molar-refractivity contribution >= 4 is 50.1 Å². The Morgan fingerprint density at radius 2 is 2.10 bits per heavy atom. The first-order valence-corrected chi connectivity index (χ1v) is 8.91. The molecule has 112 valence electrons. The predicted molar refractivity (Wildman–Crippen MR) is 98.4 cm³/mol. The topological polar surface area (TPSA) is 12.0 Å². The van der Waals surface area contributed by atoms with Gasteiger partial charge in [-0.05, 0) is 81.3 Å². The second-order valence-corrected chi connectivity index (χ2v) is 7.24. The number of hydrogen-bond donors (Lipinski definition) is 1. The summed E-state index contributed by atoms with van der Waals surface area (Å²) in [6, 6.07) is 11.0. The highest BCUT2D eigenvalue weighted by atomic mass is 127. The average molecular weight is 483 g/mol. The molecule has 0 aliphatic carbocycles. The second kappa shape index (κ2) is 7.90. The summed E-state index contributed by atoms with van der Waals surface area (Å²) in [6.07, 6.45) is 0.978. The number of nitrogens with one attached hydrogen (secondary N) is 1. The van der Waals surface area contributed by atoms with Gasteiger partial charge in [-0.3, -0.25) is 0 Å². The Morgan fingerprint density at radius 3 is 2.76 bits per heavy atom. The Labute approximate surface area is 151 Å². The normalized spacial score (nSPS) is 12.4. The van der Waals surface area contributed by atoms with Gasteiger partial charge in [-0.1, -0.05) is 30.7 Å². The van der Waals surface area contributed by atoms with E-state index >= 15 is 0 Å². The quantitative estimate of drug-likeness (QED) is 0.411. The fourth-order valence-corrected chi connectivity index (χ4v) is 3.20. The summed E-state index contributed by atoms with van der Waals surface area (Å²) in [5.74, 6) is -0.265. The van der Waals surface area contributed by atoms with Gasteiger partial charge in [0.25, 0.3) is 0 Å². The van der Waals surface area contributed by atoms with Gasteiger partial charge in [-0.15, -0.1) is 0 Å². The van der Waals surface area contributed by atoms with Gasteiger partial charge in [-0.25, -0.2) is 4.39 Å². The van der Waals surface area contributed by atoms with Gasteiger partial charge in [0.2, 0.25) is 0 Å². The molecule has 1 N–H and O–H groups in total. The number of benzene rings is 2. The zero-order valence-corrected chi connectivity index (χ0v) is 16.0. The summed E-state index contributed by atoms with van der Waals surface area (Å²) in [7, 11) is 0. The van der Waals surface area contributed by atoms with Crippen LogP contribution in [0, 0.1) is 9.39 Å². The molecule has 0 aliphatic heterocycles. The van der Waals surface area contributed by atoms with E-state index in [9.17, 15) is 4.39 Å². The zero-order chi connectivity index (χ0) is 15.4. The van der Waals surface area contributed by atoms with Gasteiger partial charge in [-0.2, -0.15) is 0 Å². The SMILES string of the molecule is CCCNC(c1cccc(I)c1)c1cc(Cl)c(Br)cc1F. The van der Waals surface area contributed by atoms with Gasteiger partial charge in [0.1, 0.15) is 5.82 Å². The van der Waals surface area contributed by atoms with Crippen LogP contribution >= 0.6 is 50.1 Å². The first-order valence-electron chi connectivity index (χ1n) is 6.66. The van der Waals surface area contributed by atoms with Crippen LogP contribution in [0.4, 0.5) is 4.39 Å². The fraction of sp³-hybridized carbons (Fsp3) is 0.250. The van der Waals surface area contributed by atoms with E-state index < -0.39 is 0 Å². The van der Waals surface area contributed by atoms with Gasteiger partial charge in [0, 0.05) is 13.6 Å². The van der Waals surface area contributed by atoms with Crippen LogP contribution in [0.15, 0.2) is 40.9 Å². The maximum atomic E-state index is 14.4. The molecule has 0 fully saturated rings. The highest BCUT2D eigenvalue weighted by molar-refractivity contribution is 14.1. The summed E-state index contributed by atoms with van der Waals surface area (Å²) in [6.45, 7) is 2.90. The van der Waals surface area contributed by atoms with Crippen LogP contribution in [0.1, 0.15) is 30.5 Å². The molecular weight excluding hydrogens is 467 g/mol. The Hall–Kier alpha value is -0.170. The van der Waals surface area contributed by atoms with Crippen molar-refractivity contribution in [3.8, 4) is 0 Å². The van der Waals surface area contributed by atoms with E-state index in [1.54, 1.807) is 6.07 Å². The van der Waals surface area contributed by atoms with Crippen molar-refractivity contribution < 1.29 is 4.39 Å². The fourth-order valence-electron chi connectivity index (χ4n) is 2.14. The largest absolute Gasteiger partial charge is 0.306 e. The standard InChI is InChI=1S/C16H15BrClFIN/c1-2-6-21-16(10-4-3-5-11(20)7-10)12-8-14(18)13(17)9-15(12)19/h3-5,7-9,16,21H,2,6H2,1H3. The van der Waals surface area contributed by atoms with Crippen molar-refractivity contribution in [2.75, 3.05) is 6.54 Å². The van der Waals surface area contributed by atoms with Crippen molar-refractivity contribution in [2.24, 2.45) is 0 Å². The van der Waals surface area contributed by atoms with E-state index in [4.69, 9.17) is 11.6 Å². The Bertz CT molecular complexity index is 636. The summed E-state index contributed by atoms with van der Waals surface area (Å²) >= 11 is 11.7. The molecule has 1 nitrogen and oxygen atoms in total. The van der Waals surface area contributed by atoms with Crippen molar-refractivity contribution in [3.05, 3.63) is 66.4 Å². The van der Waals surface area contributed by atoms with Crippen molar-refractivity contribution in [3.63, 3.8) is 0 Å². The molecule has 2 rings (SSSR count). The third-order valence-electron chi connectivity index (χ3n) is 3.13.